The molecule has 6 heteroatoms. The van der Waals surface area contributed by atoms with E-state index in [1.165, 1.54) is 12.1 Å². The molecule has 2 N–H and O–H groups in total. The molecule has 1 aromatic carbocycles. The van der Waals surface area contributed by atoms with Crippen LogP contribution in [0.25, 0.3) is 0 Å². The van der Waals surface area contributed by atoms with E-state index in [1.54, 1.807) is 12.1 Å². The van der Waals surface area contributed by atoms with E-state index in [0.717, 1.165) is 26.1 Å². The molecular weight excluding hydrogens is 270 g/mol. The molecular formula is C15H21N3O3. The molecule has 0 aromatic heterocycles. The second-order valence-electron chi connectivity index (χ2n) is 5.47. The Morgan fingerprint density at radius 1 is 1.24 bits per heavy atom. The normalized spacial score (nSPS) is 19.9. The summed E-state index contributed by atoms with van der Waals surface area (Å²) in [5.74, 6) is -0.975. The highest BCUT2D eigenvalue weighted by Crippen LogP contribution is 2.14. The average molecular weight is 291 g/mol. The molecule has 114 valence electrons. The third-order valence-corrected chi connectivity index (χ3v) is 3.69. The minimum Gasteiger partial charge on any atom is -0.478 e. The number of carbonyl (C=O) groups excluding carboxylic acids is 1. The van der Waals surface area contributed by atoms with E-state index >= 15 is 0 Å². The van der Waals surface area contributed by atoms with Gasteiger partial charge in [-0.05, 0) is 51.2 Å². The zero-order valence-corrected chi connectivity index (χ0v) is 12.4. The van der Waals surface area contributed by atoms with Crippen LogP contribution in [0.1, 0.15) is 23.7 Å². The number of anilines is 1. The van der Waals surface area contributed by atoms with Crippen LogP contribution in [0, 0.1) is 0 Å². The lowest BCUT2D eigenvalue weighted by molar-refractivity contribution is 0.0697. The van der Waals surface area contributed by atoms with Crippen molar-refractivity contribution in [1.29, 1.82) is 0 Å². The molecule has 0 aliphatic carbocycles. The topological polar surface area (TPSA) is 72.9 Å². The van der Waals surface area contributed by atoms with Crippen LogP contribution in [-0.4, -0.2) is 59.6 Å². The number of benzene rings is 1. The highest BCUT2D eigenvalue weighted by molar-refractivity contribution is 5.91. The number of nitrogens with one attached hydrogen (secondary N) is 1. The van der Waals surface area contributed by atoms with Gasteiger partial charge in [0.1, 0.15) is 0 Å². The second-order valence-corrected chi connectivity index (χ2v) is 5.47. The minimum absolute atomic E-state index is 0.138. The Morgan fingerprint density at radius 3 is 2.52 bits per heavy atom. The minimum atomic E-state index is -0.975. The molecule has 2 rings (SSSR count). The molecule has 0 saturated carbocycles. The van der Waals surface area contributed by atoms with Crippen LogP contribution in [0.4, 0.5) is 10.5 Å². The lowest BCUT2D eigenvalue weighted by Crippen LogP contribution is -2.44. The number of rotatable bonds is 2. The van der Waals surface area contributed by atoms with Gasteiger partial charge >= 0.3 is 12.0 Å². The van der Waals surface area contributed by atoms with E-state index in [-0.39, 0.29) is 17.6 Å². The Morgan fingerprint density at radius 2 is 1.90 bits per heavy atom. The largest absolute Gasteiger partial charge is 0.478 e. The van der Waals surface area contributed by atoms with Gasteiger partial charge in [0.15, 0.2) is 0 Å². The molecule has 1 aliphatic heterocycles. The highest BCUT2D eigenvalue weighted by atomic mass is 16.4. The van der Waals surface area contributed by atoms with E-state index < -0.39 is 5.97 Å². The zero-order valence-electron chi connectivity index (χ0n) is 12.4. The first-order valence-corrected chi connectivity index (χ1v) is 7.07. The van der Waals surface area contributed by atoms with E-state index in [0.29, 0.717) is 5.69 Å². The predicted octanol–water partition coefficient (Wildman–Crippen LogP) is 1.94. The Labute approximate surface area is 124 Å². The predicted molar refractivity (Wildman–Crippen MR) is 80.7 cm³/mol. The van der Waals surface area contributed by atoms with Crippen LogP contribution < -0.4 is 5.32 Å². The fourth-order valence-corrected chi connectivity index (χ4v) is 2.57. The number of nitrogens with zero attached hydrogens (tertiary/aromatic N) is 2. The summed E-state index contributed by atoms with van der Waals surface area (Å²) in [6.45, 7) is 4.60. The van der Waals surface area contributed by atoms with Crippen molar-refractivity contribution in [2.24, 2.45) is 0 Å². The van der Waals surface area contributed by atoms with Gasteiger partial charge < -0.3 is 20.2 Å². The number of hydrogen-bond acceptors (Lipinski definition) is 3. The molecule has 0 radical (unpaired) electrons. The number of carbonyl (C=O) groups is 2. The third kappa shape index (κ3) is 3.95. The van der Waals surface area contributed by atoms with Crippen molar-refractivity contribution in [2.75, 3.05) is 32.0 Å². The first-order valence-electron chi connectivity index (χ1n) is 7.07. The molecule has 1 saturated heterocycles. The summed E-state index contributed by atoms with van der Waals surface area (Å²) in [7, 11) is 2.06. The first kappa shape index (κ1) is 15.3. The number of aromatic carboxylic acids is 1. The van der Waals surface area contributed by atoms with Crippen molar-refractivity contribution >= 4 is 17.7 Å². The van der Waals surface area contributed by atoms with Crippen LogP contribution in [0.15, 0.2) is 24.3 Å². The van der Waals surface area contributed by atoms with Gasteiger partial charge in [0.05, 0.1) is 5.56 Å². The van der Waals surface area contributed by atoms with E-state index in [2.05, 4.69) is 17.3 Å². The number of carboxylic acid groups (broad SMARTS) is 1. The molecule has 2 amide bonds. The molecule has 1 atom stereocenters. The lowest BCUT2D eigenvalue weighted by atomic mass is 10.2. The fourth-order valence-electron chi connectivity index (χ4n) is 2.57. The maximum absolute atomic E-state index is 12.3. The summed E-state index contributed by atoms with van der Waals surface area (Å²) in [5.41, 5.74) is 0.813. The summed E-state index contributed by atoms with van der Waals surface area (Å²) in [5, 5.41) is 11.7. The monoisotopic (exact) mass is 291 g/mol. The molecule has 1 fully saturated rings. The molecule has 1 aromatic rings. The van der Waals surface area contributed by atoms with Gasteiger partial charge in [-0.25, -0.2) is 9.59 Å². The fraction of sp³-hybridized carbons (Fsp3) is 0.467. The molecule has 1 heterocycles. The van der Waals surface area contributed by atoms with Gasteiger partial charge in [0.2, 0.25) is 0 Å². The lowest BCUT2D eigenvalue weighted by Gasteiger charge is -2.28. The molecule has 0 bridgehead atoms. The summed E-state index contributed by atoms with van der Waals surface area (Å²) in [4.78, 5) is 27.2. The standard InChI is InChI=1S/C15H21N3O3/c1-11-10-17(2)8-3-9-18(11)15(21)16-13-6-4-12(5-7-13)14(19)20/h4-7,11H,3,8-10H2,1-2H3,(H,16,21)(H,19,20). The number of amides is 2. The van der Waals surface area contributed by atoms with E-state index in [4.69, 9.17) is 5.11 Å². The summed E-state index contributed by atoms with van der Waals surface area (Å²) < 4.78 is 0. The quantitative estimate of drug-likeness (QED) is 0.873. The molecule has 1 unspecified atom stereocenters. The van der Waals surface area contributed by atoms with Gasteiger partial charge in [-0.1, -0.05) is 0 Å². The Kier molecular flexibility index (Phi) is 4.80. The average Bonchev–Trinajstić information content (AvgIpc) is 2.60. The maximum atomic E-state index is 12.3. The summed E-state index contributed by atoms with van der Waals surface area (Å²) >= 11 is 0. The number of hydrogen-bond donors (Lipinski definition) is 2. The van der Waals surface area contributed by atoms with E-state index in [1.807, 2.05) is 11.8 Å². The maximum Gasteiger partial charge on any atom is 0.335 e. The van der Waals surface area contributed by atoms with Gasteiger partial charge in [0, 0.05) is 24.8 Å². The summed E-state index contributed by atoms with van der Waals surface area (Å²) in [6, 6.07) is 6.19. The van der Waals surface area contributed by atoms with E-state index in [9.17, 15) is 9.59 Å². The van der Waals surface area contributed by atoms with Crippen molar-refractivity contribution < 1.29 is 14.7 Å². The Bertz CT molecular complexity index is 515. The SMILES string of the molecule is CC1CN(C)CCCN1C(=O)Nc1ccc(C(=O)O)cc1. The van der Waals surface area contributed by atoms with Gasteiger partial charge in [-0.2, -0.15) is 0 Å². The third-order valence-electron chi connectivity index (χ3n) is 3.69. The van der Waals surface area contributed by atoms with Crippen molar-refractivity contribution in [3.63, 3.8) is 0 Å². The van der Waals surface area contributed by atoms with Crippen LogP contribution in [0.5, 0.6) is 0 Å². The van der Waals surface area contributed by atoms with Gasteiger partial charge in [-0.15, -0.1) is 0 Å². The first-order chi connectivity index (χ1) is 9.97. The van der Waals surface area contributed by atoms with Crippen LogP contribution >= 0.6 is 0 Å². The van der Waals surface area contributed by atoms with Crippen molar-refractivity contribution in [3.8, 4) is 0 Å². The molecule has 6 nitrogen and oxygen atoms in total. The molecule has 1 aliphatic rings. The number of likely N-dealkylation sites (N-methyl/N-ethyl adjacent to an activating group) is 1. The Hall–Kier alpha value is -2.08. The van der Waals surface area contributed by atoms with Crippen LogP contribution in [-0.2, 0) is 0 Å². The van der Waals surface area contributed by atoms with Crippen molar-refractivity contribution in [2.45, 2.75) is 19.4 Å². The van der Waals surface area contributed by atoms with Gasteiger partial charge in [-0.3, -0.25) is 0 Å². The molecule has 21 heavy (non-hydrogen) atoms. The zero-order chi connectivity index (χ0) is 15.4. The molecule has 0 spiro atoms. The second kappa shape index (κ2) is 6.58. The summed E-state index contributed by atoms with van der Waals surface area (Å²) in [6.07, 6.45) is 0.951. The number of carboxylic acids is 1. The van der Waals surface area contributed by atoms with Crippen LogP contribution in [0.3, 0.4) is 0 Å². The Balaban J connectivity index is 2.01. The number of urea groups is 1. The van der Waals surface area contributed by atoms with Gasteiger partial charge in [0.25, 0.3) is 0 Å². The highest BCUT2D eigenvalue weighted by Gasteiger charge is 2.23. The van der Waals surface area contributed by atoms with Crippen LogP contribution in [0.2, 0.25) is 0 Å². The van der Waals surface area contributed by atoms with Crippen molar-refractivity contribution in [1.82, 2.24) is 9.80 Å². The van der Waals surface area contributed by atoms with Crippen molar-refractivity contribution in [3.05, 3.63) is 29.8 Å². The smallest absolute Gasteiger partial charge is 0.335 e.